The van der Waals surface area contributed by atoms with Crippen LogP contribution in [0.25, 0.3) is 0 Å². The monoisotopic (exact) mass is 301 g/mol. The Balaban J connectivity index is 1.76. The Morgan fingerprint density at radius 2 is 2.05 bits per heavy atom. The fourth-order valence-electron chi connectivity index (χ4n) is 2.60. The van der Waals surface area contributed by atoms with Crippen molar-refractivity contribution in [2.75, 3.05) is 20.3 Å². The summed E-state index contributed by atoms with van der Waals surface area (Å²) in [6.07, 6.45) is 1.38. The van der Waals surface area contributed by atoms with E-state index in [1.807, 2.05) is 31.2 Å². The predicted molar refractivity (Wildman–Crippen MR) is 80.9 cm³/mol. The molecule has 1 aromatic heterocycles. The Morgan fingerprint density at radius 3 is 2.68 bits per heavy atom. The SMILES string of the molecule is COc1ccc(C2CN(C(=O)c3ccco3)C(C)CO2)cc1. The molecule has 0 bridgehead atoms. The summed E-state index contributed by atoms with van der Waals surface area (Å²) < 4.78 is 16.3. The third-order valence-corrected chi connectivity index (χ3v) is 3.91. The van der Waals surface area contributed by atoms with Crippen LogP contribution in [0, 0.1) is 0 Å². The summed E-state index contributed by atoms with van der Waals surface area (Å²) in [5.41, 5.74) is 1.03. The minimum atomic E-state index is -0.138. The number of ether oxygens (including phenoxy) is 2. The van der Waals surface area contributed by atoms with E-state index in [4.69, 9.17) is 13.9 Å². The van der Waals surface area contributed by atoms with Crippen LogP contribution < -0.4 is 4.74 Å². The van der Waals surface area contributed by atoms with Crippen LogP contribution in [-0.2, 0) is 4.74 Å². The van der Waals surface area contributed by atoms with E-state index in [-0.39, 0.29) is 18.1 Å². The molecule has 2 atom stereocenters. The topological polar surface area (TPSA) is 51.9 Å². The van der Waals surface area contributed by atoms with Crippen molar-refractivity contribution in [3.63, 3.8) is 0 Å². The number of hydrogen-bond donors (Lipinski definition) is 0. The molecule has 1 amide bonds. The lowest BCUT2D eigenvalue weighted by Gasteiger charge is -2.37. The lowest BCUT2D eigenvalue weighted by Crippen LogP contribution is -2.48. The molecule has 22 heavy (non-hydrogen) atoms. The maximum atomic E-state index is 12.5. The molecule has 1 aliphatic heterocycles. The first kappa shape index (κ1) is 14.7. The third kappa shape index (κ3) is 2.85. The maximum absolute atomic E-state index is 12.5. The number of hydrogen-bond acceptors (Lipinski definition) is 4. The van der Waals surface area contributed by atoms with Crippen LogP contribution in [0.3, 0.4) is 0 Å². The number of carbonyl (C=O) groups is 1. The molecular weight excluding hydrogens is 282 g/mol. The number of amides is 1. The largest absolute Gasteiger partial charge is 0.497 e. The van der Waals surface area contributed by atoms with Gasteiger partial charge in [0.15, 0.2) is 5.76 Å². The van der Waals surface area contributed by atoms with Gasteiger partial charge >= 0.3 is 0 Å². The quantitative estimate of drug-likeness (QED) is 0.874. The van der Waals surface area contributed by atoms with E-state index >= 15 is 0 Å². The normalized spacial score (nSPS) is 21.6. The fourth-order valence-corrected chi connectivity index (χ4v) is 2.60. The molecule has 1 fully saturated rings. The third-order valence-electron chi connectivity index (χ3n) is 3.91. The average Bonchev–Trinajstić information content (AvgIpc) is 3.09. The van der Waals surface area contributed by atoms with Crippen molar-refractivity contribution < 1.29 is 18.7 Å². The van der Waals surface area contributed by atoms with Gasteiger partial charge in [-0.05, 0) is 36.8 Å². The van der Waals surface area contributed by atoms with Crippen LogP contribution in [0.1, 0.15) is 29.1 Å². The van der Waals surface area contributed by atoms with E-state index in [0.717, 1.165) is 11.3 Å². The summed E-state index contributed by atoms with van der Waals surface area (Å²) in [4.78, 5) is 14.3. The molecule has 2 unspecified atom stereocenters. The zero-order valence-electron chi connectivity index (χ0n) is 12.7. The summed E-state index contributed by atoms with van der Waals surface area (Å²) in [6.45, 7) is 2.99. The Labute approximate surface area is 129 Å². The van der Waals surface area contributed by atoms with E-state index in [1.165, 1.54) is 6.26 Å². The molecule has 0 saturated carbocycles. The molecule has 0 radical (unpaired) electrons. The van der Waals surface area contributed by atoms with Crippen LogP contribution in [0.2, 0.25) is 0 Å². The number of carbonyl (C=O) groups excluding carboxylic acids is 1. The minimum absolute atomic E-state index is 0.0205. The van der Waals surface area contributed by atoms with E-state index in [9.17, 15) is 4.79 Å². The Morgan fingerprint density at radius 1 is 1.27 bits per heavy atom. The van der Waals surface area contributed by atoms with Crippen LogP contribution in [0.15, 0.2) is 47.1 Å². The highest BCUT2D eigenvalue weighted by Gasteiger charge is 2.32. The Hall–Kier alpha value is -2.27. The molecule has 2 heterocycles. The number of furan rings is 1. The van der Waals surface area contributed by atoms with Crippen molar-refractivity contribution in [1.82, 2.24) is 4.90 Å². The van der Waals surface area contributed by atoms with E-state index in [0.29, 0.717) is 18.9 Å². The Kier molecular flexibility index (Phi) is 4.15. The van der Waals surface area contributed by atoms with Gasteiger partial charge in [0.05, 0.1) is 32.6 Å². The second kappa shape index (κ2) is 6.23. The minimum Gasteiger partial charge on any atom is -0.497 e. The van der Waals surface area contributed by atoms with Crippen molar-refractivity contribution in [3.05, 3.63) is 54.0 Å². The van der Waals surface area contributed by atoms with Gasteiger partial charge in [-0.3, -0.25) is 4.79 Å². The zero-order chi connectivity index (χ0) is 15.5. The van der Waals surface area contributed by atoms with Crippen molar-refractivity contribution in [2.45, 2.75) is 19.1 Å². The predicted octanol–water partition coefficient (Wildman–Crippen LogP) is 2.89. The highest BCUT2D eigenvalue weighted by Crippen LogP contribution is 2.27. The lowest BCUT2D eigenvalue weighted by molar-refractivity contribution is -0.0495. The van der Waals surface area contributed by atoms with Crippen molar-refractivity contribution >= 4 is 5.91 Å². The summed E-state index contributed by atoms with van der Waals surface area (Å²) in [6, 6.07) is 11.2. The summed E-state index contributed by atoms with van der Waals surface area (Å²) in [7, 11) is 1.64. The summed E-state index contributed by atoms with van der Waals surface area (Å²) in [5.74, 6) is 1.07. The standard InChI is InChI=1S/C17H19NO4/c1-12-11-22-16(13-5-7-14(20-2)8-6-13)10-18(12)17(19)15-4-3-9-21-15/h3-9,12,16H,10-11H2,1-2H3. The fraction of sp³-hybridized carbons (Fsp3) is 0.353. The molecule has 0 N–H and O–H groups in total. The molecule has 5 nitrogen and oxygen atoms in total. The first-order valence-electron chi connectivity index (χ1n) is 7.29. The Bertz CT molecular complexity index is 621. The first-order valence-corrected chi connectivity index (χ1v) is 7.29. The maximum Gasteiger partial charge on any atom is 0.289 e. The van der Waals surface area contributed by atoms with Gasteiger partial charge in [-0.25, -0.2) is 0 Å². The van der Waals surface area contributed by atoms with Crippen LogP contribution >= 0.6 is 0 Å². The second-order valence-electron chi connectivity index (χ2n) is 5.38. The smallest absolute Gasteiger partial charge is 0.289 e. The van der Waals surface area contributed by atoms with Gasteiger partial charge in [-0.15, -0.1) is 0 Å². The van der Waals surface area contributed by atoms with Gasteiger partial charge in [-0.1, -0.05) is 12.1 Å². The van der Waals surface area contributed by atoms with E-state index < -0.39 is 0 Å². The molecule has 1 saturated heterocycles. The highest BCUT2D eigenvalue weighted by atomic mass is 16.5. The van der Waals surface area contributed by atoms with Crippen LogP contribution in [0.5, 0.6) is 5.75 Å². The van der Waals surface area contributed by atoms with E-state index in [1.54, 1.807) is 24.1 Å². The molecule has 0 spiro atoms. The van der Waals surface area contributed by atoms with Crippen LogP contribution in [-0.4, -0.2) is 37.1 Å². The van der Waals surface area contributed by atoms with Crippen molar-refractivity contribution in [1.29, 1.82) is 0 Å². The van der Waals surface area contributed by atoms with Gasteiger partial charge in [0, 0.05) is 0 Å². The average molecular weight is 301 g/mol. The van der Waals surface area contributed by atoms with Gasteiger partial charge in [0.1, 0.15) is 11.9 Å². The number of methoxy groups -OCH3 is 1. The number of nitrogens with zero attached hydrogens (tertiary/aromatic N) is 1. The van der Waals surface area contributed by atoms with E-state index in [2.05, 4.69) is 0 Å². The molecule has 1 aromatic carbocycles. The highest BCUT2D eigenvalue weighted by molar-refractivity contribution is 5.91. The lowest BCUT2D eigenvalue weighted by atomic mass is 10.1. The van der Waals surface area contributed by atoms with Gasteiger partial charge in [-0.2, -0.15) is 0 Å². The van der Waals surface area contributed by atoms with Gasteiger partial charge in [0.25, 0.3) is 5.91 Å². The molecule has 3 rings (SSSR count). The molecule has 0 aliphatic carbocycles. The number of morpholine rings is 1. The van der Waals surface area contributed by atoms with Gasteiger partial charge in [0.2, 0.25) is 0 Å². The number of benzene rings is 1. The zero-order valence-corrected chi connectivity index (χ0v) is 12.7. The molecule has 5 heteroatoms. The molecular formula is C17H19NO4. The molecule has 1 aliphatic rings. The molecule has 2 aromatic rings. The van der Waals surface area contributed by atoms with Gasteiger partial charge < -0.3 is 18.8 Å². The van der Waals surface area contributed by atoms with Crippen molar-refractivity contribution in [2.24, 2.45) is 0 Å². The first-order chi connectivity index (χ1) is 10.7. The van der Waals surface area contributed by atoms with Crippen LogP contribution in [0.4, 0.5) is 0 Å². The van der Waals surface area contributed by atoms with Crippen molar-refractivity contribution in [3.8, 4) is 5.75 Å². The second-order valence-corrected chi connectivity index (χ2v) is 5.38. The molecule has 116 valence electrons. The summed E-state index contributed by atoms with van der Waals surface area (Å²) in [5, 5.41) is 0. The summed E-state index contributed by atoms with van der Waals surface area (Å²) >= 11 is 0. The number of rotatable bonds is 3.